The first-order valence-corrected chi connectivity index (χ1v) is 8.34. The summed E-state index contributed by atoms with van der Waals surface area (Å²) in [6.45, 7) is -0.0912. The van der Waals surface area contributed by atoms with Crippen LogP contribution in [0, 0.1) is 0 Å². The van der Waals surface area contributed by atoms with Crippen molar-refractivity contribution in [3.05, 3.63) is 70.4 Å². The number of ether oxygens (including phenoxy) is 1. The Morgan fingerprint density at radius 2 is 1.93 bits per heavy atom. The first-order chi connectivity index (χ1) is 14.2. The zero-order valence-corrected chi connectivity index (χ0v) is 15.5. The zero-order valence-electron chi connectivity index (χ0n) is 15.5. The van der Waals surface area contributed by atoms with Crippen molar-refractivity contribution in [2.45, 2.75) is 12.8 Å². The van der Waals surface area contributed by atoms with Crippen LogP contribution in [-0.4, -0.2) is 37.3 Å². The van der Waals surface area contributed by atoms with E-state index < -0.39 is 23.3 Å². The molecule has 3 rings (SSSR count). The highest BCUT2D eigenvalue weighted by atomic mass is 19.4. The number of carbonyl (C=O) groups is 1. The van der Waals surface area contributed by atoms with E-state index in [0.29, 0.717) is 0 Å². The summed E-state index contributed by atoms with van der Waals surface area (Å²) in [5, 5.41) is 3.85. The first-order valence-electron chi connectivity index (χ1n) is 8.34. The molecule has 2 heterocycles. The summed E-state index contributed by atoms with van der Waals surface area (Å²) in [6, 6.07) is 3.07. The molecule has 0 saturated carbocycles. The maximum absolute atomic E-state index is 13.2. The highest BCUT2D eigenvalue weighted by Gasteiger charge is 2.31. The summed E-state index contributed by atoms with van der Waals surface area (Å²) in [7, 11) is 1.34. The van der Waals surface area contributed by atoms with Crippen molar-refractivity contribution in [1.82, 2.24) is 24.3 Å². The Hall–Kier alpha value is -3.80. The summed E-state index contributed by atoms with van der Waals surface area (Å²) in [5.41, 5.74) is 3.86. The largest absolute Gasteiger partial charge is 0.416 e. The van der Waals surface area contributed by atoms with Gasteiger partial charge in [0.25, 0.3) is 5.91 Å². The van der Waals surface area contributed by atoms with Crippen molar-refractivity contribution in [2.24, 2.45) is 5.73 Å². The Balaban J connectivity index is 2.10. The van der Waals surface area contributed by atoms with Crippen molar-refractivity contribution in [3.8, 4) is 5.69 Å². The predicted octanol–water partition coefficient (Wildman–Crippen LogP) is 1.47. The molecule has 30 heavy (non-hydrogen) atoms. The lowest BCUT2D eigenvalue weighted by Crippen LogP contribution is -2.23. The van der Waals surface area contributed by atoms with Crippen LogP contribution in [0.25, 0.3) is 17.5 Å². The predicted molar refractivity (Wildman–Crippen MR) is 98.9 cm³/mol. The number of amides is 1. The Labute approximate surface area is 167 Å². The third-order valence-electron chi connectivity index (χ3n) is 3.96. The highest BCUT2D eigenvalue weighted by Crippen LogP contribution is 2.31. The molecule has 0 unspecified atom stereocenters. The zero-order chi connectivity index (χ0) is 21.9. The lowest BCUT2D eigenvalue weighted by atomic mass is 10.1. The smallest absolute Gasteiger partial charge is 0.380 e. The van der Waals surface area contributed by atoms with Gasteiger partial charge in [-0.3, -0.25) is 9.36 Å². The number of nitrogens with two attached hydrogens (primary N) is 1. The van der Waals surface area contributed by atoms with Gasteiger partial charge < -0.3 is 10.5 Å². The topological polar surface area (TPSA) is 118 Å². The second kappa shape index (κ2) is 8.29. The molecule has 0 aliphatic carbocycles. The molecule has 0 aliphatic rings. The fourth-order valence-corrected chi connectivity index (χ4v) is 2.65. The van der Waals surface area contributed by atoms with Gasteiger partial charge in [0, 0.05) is 31.3 Å². The van der Waals surface area contributed by atoms with Gasteiger partial charge in [0.1, 0.15) is 12.7 Å². The number of carbonyl (C=O) groups excluding carboxylic acids is 1. The molecular formula is C18H15F3N6O3. The van der Waals surface area contributed by atoms with E-state index in [1.165, 1.54) is 31.9 Å². The van der Waals surface area contributed by atoms with Crippen LogP contribution in [0.2, 0.25) is 0 Å². The summed E-state index contributed by atoms with van der Waals surface area (Å²) >= 11 is 0. The number of aromatic nitrogens is 5. The molecule has 0 atom stereocenters. The number of nitrogens with zero attached hydrogens (tertiary/aromatic N) is 5. The standard InChI is InChI=1S/C18H15F3N6O3/c1-30-8-11-2-13(18(19,20)21)4-14(3-11)27-17(29)26(10-25-27)7-15(16(22)28)12-5-23-9-24-6-12/h2-7,9-10H,8H2,1H3,(H2,22,28)/b15-7+. The van der Waals surface area contributed by atoms with Crippen LogP contribution in [0.5, 0.6) is 0 Å². The molecule has 12 heteroatoms. The fourth-order valence-electron chi connectivity index (χ4n) is 2.65. The average Bonchev–Trinajstić information content (AvgIpc) is 3.06. The molecule has 0 spiro atoms. The molecule has 0 aliphatic heterocycles. The Bertz CT molecular complexity index is 1150. The van der Waals surface area contributed by atoms with Crippen molar-refractivity contribution in [3.63, 3.8) is 0 Å². The molecular weight excluding hydrogens is 405 g/mol. The van der Waals surface area contributed by atoms with E-state index in [2.05, 4.69) is 15.1 Å². The van der Waals surface area contributed by atoms with Crippen LogP contribution in [0.4, 0.5) is 13.2 Å². The second-order valence-electron chi connectivity index (χ2n) is 6.09. The highest BCUT2D eigenvalue weighted by molar-refractivity contribution is 6.22. The quantitative estimate of drug-likeness (QED) is 0.604. The van der Waals surface area contributed by atoms with Crippen LogP contribution in [0.3, 0.4) is 0 Å². The number of methoxy groups -OCH3 is 1. The minimum absolute atomic E-state index is 0.0821. The molecule has 0 bridgehead atoms. The van der Waals surface area contributed by atoms with Gasteiger partial charge in [0.15, 0.2) is 0 Å². The second-order valence-corrected chi connectivity index (χ2v) is 6.09. The van der Waals surface area contributed by atoms with Crippen molar-refractivity contribution >= 4 is 17.7 Å². The van der Waals surface area contributed by atoms with Gasteiger partial charge in [-0.2, -0.15) is 23.0 Å². The molecule has 0 saturated heterocycles. The molecule has 0 radical (unpaired) electrons. The minimum atomic E-state index is -4.63. The van der Waals surface area contributed by atoms with Crippen LogP contribution in [0.1, 0.15) is 16.7 Å². The minimum Gasteiger partial charge on any atom is -0.380 e. The van der Waals surface area contributed by atoms with Gasteiger partial charge >= 0.3 is 11.9 Å². The van der Waals surface area contributed by atoms with E-state index in [-0.39, 0.29) is 29.0 Å². The van der Waals surface area contributed by atoms with Gasteiger partial charge in [-0.05, 0) is 23.8 Å². The van der Waals surface area contributed by atoms with E-state index in [1.807, 2.05) is 0 Å². The van der Waals surface area contributed by atoms with Crippen LogP contribution < -0.4 is 11.4 Å². The average molecular weight is 420 g/mol. The molecule has 0 fully saturated rings. The maximum atomic E-state index is 13.2. The van der Waals surface area contributed by atoms with Gasteiger partial charge in [-0.25, -0.2) is 14.8 Å². The number of rotatable bonds is 6. The Morgan fingerprint density at radius 1 is 1.23 bits per heavy atom. The Kier molecular flexibility index (Phi) is 5.78. The molecule has 156 valence electrons. The molecule has 2 N–H and O–H groups in total. The van der Waals surface area contributed by atoms with E-state index >= 15 is 0 Å². The normalized spacial score (nSPS) is 12.2. The summed E-state index contributed by atoms with van der Waals surface area (Å²) < 4.78 is 46.3. The summed E-state index contributed by atoms with van der Waals surface area (Å²) in [6.07, 6.45) is 1.42. The number of halogens is 3. The molecule has 3 aromatic rings. The van der Waals surface area contributed by atoms with E-state index in [1.54, 1.807) is 0 Å². The molecule has 1 amide bonds. The number of hydrogen-bond acceptors (Lipinski definition) is 6. The van der Waals surface area contributed by atoms with Gasteiger partial charge in [0.05, 0.1) is 23.4 Å². The van der Waals surface area contributed by atoms with Crippen molar-refractivity contribution < 1.29 is 22.7 Å². The molecule has 9 nitrogen and oxygen atoms in total. The van der Waals surface area contributed by atoms with Crippen LogP contribution >= 0.6 is 0 Å². The first kappa shape index (κ1) is 20.9. The number of hydrogen-bond donors (Lipinski definition) is 1. The third kappa shape index (κ3) is 4.43. The van der Waals surface area contributed by atoms with Gasteiger partial charge in [-0.15, -0.1) is 0 Å². The van der Waals surface area contributed by atoms with Crippen LogP contribution in [-0.2, 0) is 22.3 Å². The van der Waals surface area contributed by atoms with E-state index in [0.717, 1.165) is 33.9 Å². The maximum Gasteiger partial charge on any atom is 0.416 e. The number of benzene rings is 1. The monoisotopic (exact) mass is 420 g/mol. The van der Waals surface area contributed by atoms with E-state index in [9.17, 15) is 22.8 Å². The van der Waals surface area contributed by atoms with Crippen molar-refractivity contribution in [1.29, 1.82) is 0 Å². The van der Waals surface area contributed by atoms with Gasteiger partial charge in [0.2, 0.25) is 0 Å². The fraction of sp³-hybridized carbons (Fsp3) is 0.167. The summed E-state index contributed by atoms with van der Waals surface area (Å²) in [4.78, 5) is 32.0. The lowest BCUT2D eigenvalue weighted by molar-refractivity contribution is -0.137. The SMILES string of the molecule is COCc1cc(-n2ncn(/C=C(/C(N)=O)c3cncnc3)c2=O)cc(C(F)(F)F)c1. The molecule has 1 aromatic carbocycles. The number of primary amides is 1. The lowest BCUT2D eigenvalue weighted by Gasteiger charge is -2.11. The van der Waals surface area contributed by atoms with Gasteiger partial charge in [-0.1, -0.05) is 0 Å². The van der Waals surface area contributed by atoms with Crippen molar-refractivity contribution in [2.75, 3.05) is 7.11 Å². The summed E-state index contributed by atoms with van der Waals surface area (Å²) in [5.74, 6) is -0.856. The number of alkyl halides is 3. The third-order valence-corrected chi connectivity index (χ3v) is 3.96. The molecule has 2 aromatic heterocycles. The van der Waals surface area contributed by atoms with Crippen LogP contribution in [0.15, 0.2) is 48.0 Å². The Morgan fingerprint density at radius 3 is 2.53 bits per heavy atom. The van der Waals surface area contributed by atoms with E-state index in [4.69, 9.17) is 10.5 Å².